The summed E-state index contributed by atoms with van der Waals surface area (Å²) in [6.45, 7) is -0.128. The molecule has 1 amide bonds. The predicted molar refractivity (Wildman–Crippen MR) is 89.2 cm³/mol. The van der Waals surface area contributed by atoms with Gasteiger partial charge in [0.15, 0.2) is 6.61 Å². The SMILES string of the molecule is COC(=O)c1ccc(CNC(=O)COC(=O)c2ccc(Cl)s2)cc1. The van der Waals surface area contributed by atoms with Gasteiger partial charge in [0, 0.05) is 6.54 Å². The highest BCUT2D eigenvalue weighted by molar-refractivity contribution is 7.17. The highest BCUT2D eigenvalue weighted by atomic mass is 35.5. The maximum Gasteiger partial charge on any atom is 0.348 e. The summed E-state index contributed by atoms with van der Waals surface area (Å²) in [6.07, 6.45) is 0. The zero-order chi connectivity index (χ0) is 17.5. The monoisotopic (exact) mass is 367 g/mol. The van der Waals surface area contributed by atoms with E-state index in [0.29, 0.717) is 14.8 Å². The van der Waals surface area contributed by atoms with Crippen LogP contribution in [0.15, 0.2) is 36.4 Å². The summed E-state index contributed by atoms with van der Waals surface area (Å²) in [6, 6.07) is 9.73. The molecule has 0 fully saturated rings. The van der Waals surface area contributed by atoms with Crippen molar-refractivity contribution in [2.75, 3.05) is 13.7 Å². The van der Waals surface area contributed by atoms with Crippen molar-refractivity contribution in [1.29, 1.82) is 0 Å². The number of methoxy groups -OCH3 is 1. The summed E-state index contributed by atoms with van der Waals surface area (Å²) in [5.41, 5.74) is 1.23. The minimum absolute atomic E-state index is 0.253. The van der Waals surface area contributed by atoms with Gasteiger partial charge in [-0.05, 0) is 29.8 Å². The molecule has 126 valence electrons. The molecule has 0 aliphatic rings. The van der Waals surface area contributed by atoms with Crippen LogP contribution in [0.1, 0.15) is 25.6 Å². The fraction of sp³-hybridized carbons (Fsp3) is 0.188. The van der Waals surface area contributed by atoms with E-state index in [-0.39, 0.29) is 13.2 Å². The number of rotatable bonds is 6. The fourth-order valence-corrected chi connectivity index (χ4v) is 2.69. The molecular weight excluding hydrogens is 354 g/mol. The van der Waals surface area contributed by atoms with Crippen LogP contribution in [-0.4, -0.2) is 31.6 Å². The predicted octanol–water partition coefficient (Wildman–Crippen LogP) is 2.66. The number of carbonyl (C=O) groups is 3. The Morgan fingerprint density at radius 3 is 2.38 bits per heavy atom. The first-order chi connectivity index (χ1) is 11.5. The Bertz CT molecular complexity index is 741. The largest absolute Gasteiger partial charge is 0.465 e. The van der Waals surface area contributed by atoms with Crippen molar-refractivity contribution in [3.05, 3.63) is 56.7 Å². The number of thiophene rings is 1. The van der Waals surface area contributed by atoms with Crippen LogP contribution < -0.4 is 5.32 Å². The lowest BCUT2D eigenvalue weighted by Crippen LogP contribution is -2.28. The Hall–Kier alpha value is -2.38. The van der Waals surface area contributed by atoms with Gasteiger partial charge in [0.1, 0.15) is 4.88 Å². The smallest absolute Gasteiger partial charge is 0.348 e. The van der Waals surface area contributed by atoms with E-state index in [1.807, 2.05) is 0 Å². The average molecular weight is 368 g/mol. The first kappa shape index (κ1) is 18.0. The first-order valence-corrected chi connectivity index (χ1v) is 8.05. The lowest BCUT2D eigenvalue weighted by atomic mass is 10.1. The molecular formula is C16H14ClNO5S. The molecule has 0 aliphatic carbocycles. The van der Waals surface area contributed by atoms with Gasteiger partial charge in [0.05, 0.1) is 17.0 Å². The third-order valence-corrected chi connectivity index (χ3v) is 4.18. The van der Waals surface area contributed by atoms with Gasteiger partial charge in [0.2, 0.25) is 0 Å². The number of esters is 2. The second kappa shape index (κ2) is 8.47. The Balaban J connectivity index is 1.76. The van der Waals surface area contributed by atoms with Crippen LogP contribution in [0.25, 0.3) is 0 Å². The Morgan fingerprint density at radius 2 is 1.79 bits per heavy atom. The molecule has 0 aliphatic heterocycles. The molecule has 0 bridgehead atoms. The van der Waals surface area contributed by atoms with Crippen molar-refractivity contribution in [3.8, 4) is 0 Å². The van der Waals surface area contributed by atoms with Crippen LogP contribution in [0.3, 0.4) is 0 Å². The van der Waals surface area contributed by atoms with Crippen molar-refractivity contribution < 1.29 is 23.9 Å². The summed E-state index contributed by atoms with van der Waals surface area (Å²) in [7, 11) is 1.31. The first-order valence-electron chi connectivity index (χ1n) is 6.86. The Labute approximate surface area is 147 Å². The standard InChI is InChI=1S/C16H14ClNO5S/c1-22-15(20)11-4-2-10(3-5-11)8-18-14(19)9-23-16(21)12-6-7-13(17)24-12/h2-7H,8-9H2,1H3,(H,18,19). The summed E-state index contributed by atoms with van der Waals surface area (Å²) in [5.74, 6) is -1.45. The molecule has 8 heteroatoms. The molecule has 0 spiro atoms. The second-order valence-electron chi connectivity index (χ2n) is 4.65. The molecule has 1 aromatic carbocycles. The van der Waals surface area contributed by atoms with Crippen LogP contribution in [0.4, 0.5) is 0 Å². The Kier molecular flexibility index (Phi) is 6.34. The van der Waals surface area contributed by atoms with Crippen molar-refractivity contribution >= 4 is 40.8 Å². The van der Waals surface area contributed by atoms with Gasteiger partial charge in [-0.2, -0.15) is 0 Å². The number of amides is 1. The number of hydrogen-bond acceptors (Lipinski definition) is 6. The molecule has 0 unspecified atom stereocenters. The molecule has 0 radical (unpaired) electrons. The lowest BCUT2D eigenvalue weighted by Gasteiger charge is -2.07. The third-order valence-electron chi connectivity index (χ3n) is 2.97. The number of halogens is 1. The molecule has 2 rings (SSSR count). The summed E-state index contributed by atoms with van der Waals surface area (Å²) < 4.78 is 9.97. The van der Waals surface area contributed by atoms with Gasteiger partial charge in [-0.25, -0.2) is 9.59 Å². The molecule has 24 heavy (non-hydrogen) atoms. The van der Waals surface area contributed by atoms with E-state index in [1.165, 1.54) is 13.2 Å². The maximum absolute atomic E-state index is 11.7. The van der Waals surface area contributed by atoms with Crippen LogP contribution in [0.5, 0.6) is 0 Å². The van der Waals surface area contributed by atoms with Gasteiger partial charge in [-0.15, -0.1) is 11.3 Å². The molecule has 0 atom stereocenters. The molecule has 2 aromatic rings. The summed E-state index contributed by atoms with van der Waals surface area (Å²) in [5, 5.41) is 2.62. The van der Waals surface area contributed by atoms with Crippen LogP contribution in [-0.2, 0) is 20.8 Å². The van der Waals surface area contributed by atoms with Crippen molar-refractivity contribution in [2.45, 2.75) is 6.54 Å². The van der Waals surface area contributed by atoms with E-state index in [2.05, 4.69) is 10.1 Å². The molecule has 6 nitrogen and oxygen atoms in total. The van der Waals surface area contributed by atoms with E-state index in [0.717, 1.165) is 16.9 Å². The van der Waals surface area contributed by atoms with Crippen molar-refractivity contribution in [3.63, 3.8) is 0 Å². The van der Waals surface area contributed by atoms with Gasteiger partial charge < -0.3 is 14.8 Å². The van der Waals surface area contributed by atoms with Crippen LogP contribution in [0.2, 0.25) is 4.34 Å². The fourth-order valence-electron chi connectivity index (χ4n) is 1.75. The zero-order valence-electron chi connectivity index (χ0n) is 12.7. The van der Waals surface area contributed by atoms with Gasteiger partial charge in [-0.3, -0.25) is 4.79 Å². The van der Waals surface area contributed by atoms with Gasteiger partial charge in [0.25, 0.3) is 5.91 Å². The van der Waals surface area contributed by atoms with E-state index in [4.69, 9.17) is 16.3 Å². The van der Waals surface area contributed by atoms with E-state index in [1.54, 1.807) is 30.3 Å². The lowest BCUT2D eigenvalue weighted by molar-refractivity contribution is -0.124. The number of ether oxygens (including phenoxy) is 2. The maximum atomic E-state index is 11.7. The highest BCUT2D eigenvalue weighted by Gasteiger charge is 2.12. The van der Waals surface area contributed by atoms with Crippen molar-refractivity contribution in [1.82, 2.24) is 5.32 Å². The number of nitrogens with one attached hydrogen (secondary N) is 1. The van der Waals surface area contributed by atoms with Gasteiger partial charge in [-0.1, -0.05) is 23.7 Å². The number of benzene rings is 1. The minimum atomic E-state index is -0.593. The molecule has 1 aromatic heterocycles. The van der Waals surface area contributed by atoms with Crippen LogP contribution in [0, 0.1) is 0 Å². The third kappa shape index (κ3) is 5.07. The molecule has 1 N–H and O–H groups in total. The number of carbonyl (C=O) groups excluding carboxylic acids is 3. The zero-order valence-corrected chi connectivity index (χ0v) is 14.3. The van der Waals surface area contributed by atoms with E-state index in [9.17, 15) is 14.4 Å². The number of hydrogen-bond donors (Lipinski definition) is 1. The topological polar surface area (TPSA) is 81.7 Å². The Morgan fingerprint density at radius 1 is 1.08 bits per heavy atom. The summed E-state index contributed by atoms with van der Waals surface area (Å²) in [4.78, 5) is 35.0. The summed E-state index contributed by atoms with van der Waals surface area (Å²) >= 11 is 6.81. The van der Waals surface area contributed by atoms with Crippen LogP contribution >= 0.6 is 22.9 Å². The van der Waals surface area contributed by atoms with E-state index >= 15 is 0 Å². The highest BCUT2D eigenvalue weighted by Crippen LogP contribution is 2.21. The van der Waals surface area contributed by atoms with E-state index < -0.39 is 17.8 Å². The molecule has 1 heterocycles. The van der Waals surface area contributed by atoms with Gasteiger partial charge >= 0.3 is 11.9 Å². The normalized spacial score (nSPS) is 10.1. The van der Waals surface area contributed by atoms with Crippen molar-refractivity contribution in [2.24, 2.45) is 0 Å². The second-order valence-corrected chi connectivity index (χ2v) is 6.36. The molecule has 0 saturated carbocycles. The average Bonchev–Trinajstić information content (AvgIpc) is 3.04. The minimum Gasteiger partial charge on any atom is -0.465 e. The quantitative estimate of drug-likeness (QED) is 0.794. The molecule has 0 saturated heterocycles.